The van der Waals surface area contributed by atoms with Crippen LogP contribution in [0.25, 0.3) is 0 Å². The van der Waals surface area contributed by atoms with E-state index in [0.29, 0.717) is 31.0 Å². The van der Waals surface area contributed by atoms with Crippen molar-refractivity contribution in [3.05, 3.63) is 34.9 Å². The third-order valence-corrected chi connectivity index (χ3v) is 3.92. The molecular weight excluding hydrogens is 276 g/mol. The fourth-order valence-electron chi connectivity index (χ4n) is 2.42. The number of benzene rings is 1. The molecule has 4 nitrogen and oxygen atoms in total. The summed E-state index contributed by atoms with van der Waals surface area (Å²) in [5.41, 5.74) is 1.06. The van der Waals surface area contributed by atoms with Crippen molar-refractivity contribution < 1.29 is 9.90 Å². The van der Waals surface area contributed by atoms with Crippen LogP contribution in [-0.2, 0) is 11.2 Å². The molecule has 1 saturated heterocycles. The second kappa shape index (κ2) is 7.62. The zero-order valence-corrected chi connectivity index (χ0v) is 12.2. The van der Waals surface area contributed by atoms with Gasteiger partial charge in [-0.2, -0.15) is 0 Å². The number of β-amino-alcohol motifs (C(OH)–C–C–N with tert-alkyl or cyclic N) is 1. The molecule has 1 aliphatic heterocycles. The number of aliphatic hydroxyl groups is 1. The standard InChI is InChI=1S/C15H21ClN2O2/c16-13-3-1-2-11(8-13)4-5-15(20)18-9-12-6-7-17-10-14(12)19/h1-3,8,12,14,17,19H,4-7,9-10H2,(H,18,20)/t12-,14+/m0/s1. The Bertz CT molecular complexity index is 453. The number of rotatable bonds is 5. The number of carbonyl (C=O) groups excluding carboxylic acids is 1. The van der Waals surface area contributed by atoms with Crippen molar-refractivity contribution in [3.63, 3.8) is 0 Å². The Balaban J connectivity index is 1.70. The Morgan fingerprint density at radius 1 is 1.50 bits per heavy atom. The molecule has 1 amide bonds. The average Bonchev–Trinajstić information content (AvgIpc) is 2.44. The van der Waals surface area contributed by atoms with Gasteiger partial charge < -0.3 is 15.7 Å². The van der Waals surface area contributed by atoms with Gasteiger partial charge >= 0.3 is 0 Å². The molecule has 0 aromatic heterocycles. The summed E-state index contributed by atoms with van der Waals surface area (Å²) >= 11 is 5.90. The van der Waals surface area contributed by atoms with Gasteiger partial charge in [-0.15, -0.1) is 0 Å². The molecule has 0 saturated carbocycles. The summed E-state index contributed by atoms with van der Waals surface area (Å²) in [4.78, 5) is 11.8. The van der Waals surface area contributed by atoms with Crippen LogP contribution in [0.15, 0.2) is 24.3 Å². The number of carbonyl (C=O) groups is 1. The monoisotopic (exact) mass is 296 g/mol. The molecule has 0 radical (unpaired) electrons. The van der Waals surface area contributed by atoms with Gasteiger partial charge in [-0.25, -0.2) is 0 Å². The van der Waals surface area contributed by atoms with Gasteiger partial charge in [-0.3, -0.25) is 4.79 Å². The third kappa shape index (κ3) is 4.78. The first-order chi connectivity index (χ1) is 9.65. The van der Waals surface area contributed by atoms with E-state index in [1.54, 1.807) is 0 Å². The molecule has 1 aromatic rings. The Labute approximate surface area is 124 Å². The maximum Gasteiger partial charge on any atom is 0.220 e. The number of aryl methyl sites for hydroxylation is 1. The van der Waals surface area contributed by atoms with E-state index < -0.39 is 0 Å². The zero-order chi connectivity index (χ0) is 14.4. The molecule has 110 valence electrons. The number of amides is 1. The summed E-state index contributed by atoms with van der Waals surface area (Å²) in [6.07, 6.45) is 1.66. The molecule has 2 atom stereocenters. The Morgan fingerprint density at radius 2 is 2.35 bits per heavy atom. The molecule has 1 aromatic carbocycles. The number of nitrogens with one attached hydrogen (secondary N) is 2. The lowest BCUT2D eigenvalue weighted by atomic mass is 9.95. The van der Waals surface area contributed by atoms with Gasteiger partial charge in [-0.05, 0) is 37.1 Å². The predicted octanol–water partition coefficient (Wildman–Crippen LogP) is 1.36. The first-order valence-corrected chi connectivity index (χ1v) is 7.43. The minimum absolute atomic E-state index is 0.0238. The van der Waals surface area contributed by atoms with Gasteiger partial charge in [0.05, 0.1) is 6.10 Å². The highest BCUT2D eigenvalue weighted by atomic mass is 35.5. The van der Waals surface area contributed by atoms with Crippen LogP contribution < -0.4 is 10.6 Å². The van der Waals surface area contributed by atoms with Crippen molar-refractivity contribution in [2.24, 2.45) is 5.92 Å². The maximum atomic E-state index is 11.8. The van der Waals surface area contributed by atoms with Crippen molar-refractivity contribution in [1.29, 1.82) is 0 Å². The molecule has 0 spiro atoms. The quantitative estimate of drug-likeness (QED) is 0.769. The van der Waals surface area contributed by atoms with Gasteiger partial charge in [0.25, 0.3) is 0 Å². The van der Waals surface area contributed by atoms with Crippen LogP contribution in [0.5, 0.6) is 0 Å². The summed E-state index contributed by atoms with van der Waals surface area (Å²) in [6, 6.07) is 7.56. The predicted molar refractivity (Wildman–Crippen MR) is 79.8 cm³/mol. The first-order valence-electron chi connectivity index (χ1n) is 7.05. The topological polar surface area (TPSA) is 61.4 Å². The first kappa shape index (κ1) is 15.3. The zero-order valence-electron chi connectivity index (χ0n) is 11.4. The SMILES string of the molecule is O=C(CCc1cccc(Cl)c1)NC[C@@H]1CCNC[C@H]1O. The van der Waals surface area contributed by atoms with E-state index in [4.69, 9.17) is 11.6 Å². The van der Waals surface area contributed by atoms with Crippen LogP contribution in [0, 0.1) is 5.92 Å². The minimum atomic E-state index is -0.364. The summed E-state index contributed by atoms with van der Waals surface area (Å²) in [6.45, 7) is 2.07. The van der Waals surface area contributed by atoms with Crippen molar-refractivity contribution in [3.8, 4) is 0 Å². The normalized spacial score (nSPS) is 22.5. The number of aliphatic hydroxyl groups excluding tert-OH is 1. The van der Waals surface area contributed by atoms with E-state index in [9.17, 15) is 9.90 Å². The Kier molecular flexibility index (Phi) is 5.83. The summed E-state index contributed by atoms with van der Waals surface area (Å²) in [5, 5.41) is 16.5. The molecular formula is C15H21ClN2O2. The van der Waals surface area contributed by atoms with Crippen molar-refractivity contribution >= 4 is 17.5 Å². The molecule has 0 bridgehead atoms. The molecule has 0 unspecified atom stereocenters. The summed E-state index contributed by atoms with van der Waals surface area (Å²) < 4.78 is 0. The van der Waals surface area contributed by atoms with E-state index in [1.165, 1.54) is 0 Å². The molecule has 2 rings (SSSR count). The second-order valence-corrected chi connectivity index (χ2v) is 5.69. The van der Waals surface area contributed by atoms with Crippen molar-refractivity contribution in [1.82, 2.24) is 10.6 Å². The molecule has 0 aliphatic carbocycles. The number of piperidine rings is 1. The molecule has 1 heterocycles. The third-order valence-electron chi connectivity index (χ3n) is 3.68. The lowest BCUT2D eigenvalue weighted by Crippen LogP contribution is -2.45. The van der Waals surface area contributed by atoms with E-state index in [-0.39, 0.29) is 17.9 Å². The van der Waals surface area contributed by atoms with Crippen LogP contribution >= 0.6 is 11.6 Å². The molecule has 1 aliphatic rings. The lowest BCUT2D eigenvalue weighted by Gasteiger charge is -2.28. The van der Waals surface area contributed by atoms with Crippen LogP contribution in [0.2, 0.25) is 5.02 Å². The van der Waals surface area contributed by atoms with Crippen LogP contribution in [0.1, 0.15) is 18.4 Å². The van der Waals surface area contributed by atoms with Crippen LogP contribution in [-0.4, -0.2) is 36.8 Å². The molecule has 1 fully saturated rings. The Hall–Kier alpha value is -1.10. The van der Waals surface area contributed by atoms with E-state index in [2.05, 4.69) is 10.6 Å². The number of hydrogen-bond acceptors (Lipinski definition) is 3. The molecule has 5 heteroatoms. The van der Waals surface area contributed by atoms with Crippen LogP contribution in [0.3, 0.4) is 0 Å². The highest BCUT2D eigenvalue weighted by Crippen LogP contribution is 2.13. The second-order valence-electron chi connectivity index (χ2n) is 5.25. The summed E-state index contributed by atoms with van der Waals surface area (Å²) in [7, 11) is 0. The largest absolute Gasteiger partial charge is 0.391 e. The van der Waals surface area contributed by atoms with Gasteiger partial charge in [-0.1, -0.05) is 23.7 Å². The van der Waals surface area contributed by atoms with Gasteiger partial charge in [0.15, 0.2) is 0 Å². The van der Waals surface area contributed by atoms with Gasteiger partial charge in [0.1, 0.15) is 0 Å². The minimum Gasteiger partial charge on any atom is -0.391 e. The van der Waals surface area contributed by atoms with Gasteiger partial charge in [0.2, 0.25) is 5.91 Å². The Morgan fingerprint density at radius 3 is 3.10 bits per heavy atom. The average molecular weight is 297 g/mol. The molecule has 20 heavy (non-hydrogen) atoms. The summed E-state index contributed by atoms with van der Waals surface area (Å²) in [5.74, 6) is 0.182. The fraction of sp³-hybridized carbons (Fsp3) is 0.533. The number of hydrogen-bond donors (Lipinski definition) is 3. The lowest BCUT2D eigenvalue weighted by molar-refractivity contribution is -0.121. The maximum absolute atomic E-state index is 11.8. The smallest absolute Gasteiger partial charge is 0.220 e. The van der Waals surface area contributed by atoms with E-state index in [0.717, 1.165) is 18.5 Å². The highest BCUT2D eigenvalue weighted by Gasteiger charge is 2.22. The van der Waals surface area contributed by atoms with Crippen molar-refractivity contribution in [2.45, 2.75) is 25.4 Å². The van der Waals surface area contributed by atoms with Crippen LogP contribution in [0.4, 0.5) is 0 Å². The number of halogens is 1. The molecule has 3 N–H and O–H groups in total. The van der Waals surface area contributed by atoms with Crippen molar-refractivity contribution in [2.75, 3.05) is 19.6 Å². The fourth-order valence-corrected chi connectivity index (χ4v) is 2.63. The highest BCUT2D eigenvalue weighted by molar-refractivity contribution is 6.30. The van der Waals surface area contributed by atoms with Gasteiger partial charge in [0, 0.05) is 30.5 Å². The van der Waals surface area contributed by atoms with E-state index in [1.807, 2.05) is 24.3 Å². The van der Waals surface area contributed by atoms with E-state index >= 15 is 0 Å².